The maximum Gasteiger partial charge on any atom is 0.349 e. The van der Waals surface area contributed by atoms with Gasteiger partial charge in [-0.25, -0.2) is 4.79 Å². The van der Waals surface area contributed by atoms with E-state index in [0.717, 1.165) is 18.2 Å². The Labute approximate surface area is 122 Å². The molecule has 21 heavy (non-hydrogen) atoms. The SMILES string of the molecule is C#CCN(CC1CC1)C(=O)c1cc2ccccc2oc1=O. The van der Waals surface area contributed by atoms with Crippen LogP contribution in [0.5, 0.6) is 0 Å². The van der Waals surface area contributed by atoms with Gasteiger partial charge in [-0.2, -0.15) is 0 Å². The highest BCUT2D eigenvalue weighted by Crippen LogP contribution is 2.30. The van der Waals surface area contributed by atoms with Crippen molar-refractivity contribution in [1.29, 1.82) is 0 Å². The third-order valence-corrected chi connectivity index (χ3v) is 3.62. The van der Waals surface area contributed by atoms with Crippen molar-refractivity contribution in [3.63, 3.8) is 0 Å². The van der Waals surface area contributed by atoms with E-state index in [4.69, 9.17) is 10.8 Å². The fourth-order valence-corrected chi connectivity index (χ4v) is 2.32. The van der Waals surface area contributed by atoms with Crippen molar-refractivity contribution in [3.05, 3.63) is 46.3 Å². The molecule has 1 heterocycles. The van der Waals surface area contributed by atoms with Gasteiger partial charge in [0.2, 0.25) is 0 Å². The Balaban J connectivity index is 1.97. The summed E-state index contributed by atoms with van der Waals surface area (Å²) in [6.07, 6.45) is 7.55. The smallest absolute Gasteiger partial charge is 0.349 e. The number of hydrogen-bond acceptors (Lipinski definition) is 3. The molecule has 1 aromatic heterocycles. The van der Waals surface area contributed by atoms with Crippen LogP contribution in [-0.4, -0.2) is 23.9 Å². The zero-order valence-corrected chi connectivity index (χ0v) is 11.5. The van der Waals surface area contributed by atoms with Crippen LogP contribution in [0.2, 0.25) is 0 Å². The number of amides is 1. The van der Waals surface area contributed by atoms with Gasteiger partial charge in [0.15, 0.2) is 0 Å². The zero-order valence-electron chi connectivity index (χ0n) is 11.5. The number of para-hydroxylation sites is 1. The minimum absolute atomic E-state index is 0.0459. The van der Waals surface area contributed by atoms with Gasteiger partial charge >= 0.3 is 5.63 Å². The van der Waals surface area contributed by atoms with E-state index in [9.17, 15) is 9.59 Å². The second-order valence-corrected chi connectivity index (χ2v) is 5.32. The van der Waals surface area contributed by atoms with Gasteiger partial charge in [0.25, 0.3) is 5.91 Å². The highest BCUT2D eigenvalue weighted by molar-refractivity contribution is 5.96. The maximum atomic E-state index is 12.5. The van der Waals surface area contributed by atoms with E-state index in [0.29, 0.717) is 18.0 Å². The van der Waals surface area contributed by atoms with Crippen LogP contribution >= 0.6 is 0 Å². The van der Waals surface area contributed by atoms with Crippen molar-refractivity contribution in [2.45, 2.75) is 12.8 Å². The third-order valence-electron chi connectivity index (χ3n) is 3.62. The maximum absolute atomic E-state index is 12.5. The van der Waals surface area contributed by atoms with E-state index in [1.54, 1.807) is 23.1 Å². The highest BCUT2D eigenvalue weighted by atomic mass is 16.4. The monoisotopic (exact) mass is 281 g/mol. The quantitative estimate of drug-likeness (QED) is 0.638. The molecule has 0 radical (unpaired) electrons. The van der Waals surface area contributed by atoms with Gasteiger partial charge in [0, 0.05) is 11.9 Å². The summed E-state index contributed by atoms with van der Waals surface area (Å²) < 4.78 is 5.21. The molecule has 3 rings (SSSR count). The van der Waals surface area contributed by atoms with Gasteiger partial charge in [-0.3, -0.25) is 4.79 Å². The van der Waals surface area contributed by atoms with Gasteiger partial charge in [-0.1, -0.05) is 24.1 Å². The van der Waals surface area contributed by atoms with Crippen molar-refractivity contribution in [2.24, 2.45) is 5.92 Å². The minimum atomic E-state index is -0.614. The van der Waals surface area contributed by atoms with Crippen LogP contribution in [0, 0.1) is 18.3 Å². The summed E-state index contributed by atoms with van der Waals surface area (Å²) in [7, 11) is 0. The molecule has 1 aromatic carbocycles. The van der Waals surface area contributed by atoms with Crippen LogP contribution in [0.3, 0.4) is 0 Å². The summed E-state index contributed by atoms with van der Waals surface area (Å²) in [5.41, 5.74) is -0.0918. The molecule has 1 saturated carbocycles. The molecule has 0 saturated heterocycles. The van der Waals surface area contributed by atoms with Gasteiger partial charge < -0.3 is 9.32 Å². The third kappa shape index (κ3) is 2.82. The van der Waals surface area contributed by atoms with Crippen LogP contribution in [0.15, 0.2) is 39.5 Å². The molecule has 4 nitrogen and oxygen atoms in total. The van der Waals surface area contributed by atoms with Gasteiger partial charge in [-0.05, 0) is 30.9 Å². The van der Waals surface area contributed by atoms with Crippen LogP contribution in [0.4, 0.5) is 0 Å². The van der Waals surface area contributed by atoms with E-state index >= 15 is 0 Å². The first-order chi connectivity index (χ1) is 10.2. The van der Waals surface area contributed by atoms with E-state index in [1.165, 1.54) is 0 Å². The van der Waals surface area contributed by atoms with Crippen molar-refractivity contribution in [3.8, 4) is 12.3 Å². The molecule has 2 aromatic rings. The molecular weight excluding hydrogens is 266 g/mol. The normalized spacial score (nSPS) is 13.9. The summed E-state index contributed by atoms with van der Waals surface area (Å²) in [5, 5.41) is 0.729. The van der Waals surface area contributed by atoms with E-state index in [-0.39, 0.29) is 18.0 Å². The number of nitrogens with zero attached hydrogens (tertiary/aromatic N) is 1. The summed E-state index contributed by atoms with van der Waals surface area (Å²) in [5.74, 6) is 2.64. The number of terminal acetylenes is 1. The van der Waals surface area contributed by atoms with Crippen molar-refractivity contribution in [1.82, 2.24) is 4.90 Å². The van der Waals surface area contributed by atoms with Gasteiger partial charge in [0.05, 0.1) is 6.54 Å². The fraction of sp³-hybridized carbons (Fsp3) is 0.294. The number of benzene rings is 1. The van der Waals surface area contributed by atoms with Crippen LogP contribution in [0.25, 0.3) is 11.0 Å². The Kier molecular flexibility index (Phi) is 3.49. The van der Waals surface area contributed by atoms with Gasteiger partial charge in [0.1, 0.15) is 11.1 Å². The van der Waals surface area contributed by atoms with Crippen molar-refractivity contribution < 1.29 is 9.21 Å². The largest absolute Gasteiger partial charge is 0.422 e. The molecule has 0 unspecified atom stereocenters. The summed E-state index contributed by atoms with van der Waals surface area (Å²) >= 11 is 0. The standard InChI is InChI=1S/C17H15NO3/c1-2-9-18(11-12-7-8-12)16(19)14-10-13-5-3-4-6-15(13)21-17(14)20/h1,3-6,10,12H,7-9,11H2. The Morgan fingerprint density at radius 2 is 2.14 bits per heavy atom. The molecule has 4 heteroatoms. The first-order valence-corrected chi connectivity index (χ1v) is 6.94. The average Bonchev–Trinajstić information content (AvgIpc) is 3.29. The molecule has 0 N–H and O–H groups in total. The molecule has 1 fully saturated rings. The topological polar surface area (TPSA) is 50.5 Å². The lowest BCUT2D eigenvalue weighted by atomic mass is 10.1. The zero-order chi connectivity index (χ0) is 14.8. The molecule has 0 spiro atoms. The molecule has 0 bridgehead atoms. The molecule has 1 amide bonds. The van der Waals surface area contributed by atoms with Crippen LogP contribution < -0.4 is 5.63 Å². The predicted molar refractivity (Wildman–Crippen MR) is 79.9 cm³/mol. The Morgan fingerprint density at radius 1 is 1.38 bits per heavy atom. The van der Waals surface area contributed by atoms with Crippen molar-refractivity contribution >= 4 is 16.9 Å². The summed E-state index contributed by atoms with van der Waals surface area (Å²) in [6, 6.07) is 8.71. The van der Waals surface area contributed by atoms with Crippen LogP contribution in [-0.2, 0) is 0 Å². The first-order valence-electron chi connectivity index (χ1n) is 6.94. The molecular formula is C17H15NO3. The average molecular weight is 281 g/mol. The van der Waals surface area contributed by atoms with Crippen molar-refractivity contribution in [2.75, 3.05) is 13.1 Å². The summed E-state index contributed by atoms with van der Waals surface area (Å²) in [4.78, 5) is 26.1. The second kappa shape index (κ2) is 5.45. The number of carbonyl (C=O) groups excluding carboxylic acids is 1. The number of hydrogen-bond donors (Lipinski definition) is 0. The Bertz CT molecular complexity index is 780. The Hall–Kier alpha value is -2.54. The molecule has 1 aliphatic rings. The molecule has 106 valence electrons. The summed E-state index contributed by atoms with van der Waals surface area (Å²) in [6.45, 7) is 0.816. The first kappa shape index (κ1) is 13.4. The van der Waals surface area contributed by atoms with Gasteiger partial charge in [-0.15, -0.1) is 6.42 Å². The molecule has 1 aliphatic carbocycles. The molecule has 0 atom stereocenters. The number of fused-ring (bicyclic) bond motifs is 1. The Morgan fingerprint density at radius 3 is 2.86 bits per heavy atom. The van der Waals surface area contributed by atoms with E-state index < -0.39 is 5.63 Å². The highest BCUT2D eigenvalue weighted by Gasteiger charge is 2.28. The lowest BCUT2D eigenvalue weighted by Gasteiger charge is -2.19. The predicted octanol–water partition coefficient (Wildman–Crippen LogP) is 2.28. The minimum Gasteiger partial charge on any atom is -0.422 e. The fourth-order valence-electron chi connectivity index (χ4n) is 2.32. The number of carbonyl (C=O) groups is 1. The lowest BCUT2D eigenvalue weighted by molar-refractivity contribution is 0.0765. The van der Waals surface area contributed by atoms with E-state index in [1.807, 2.05) is 12.1 Å². The second-order valence-electron chi connectivity index (χ2n) is 5.32. The van der Waals surface area contributed by atoms with E-state index in [2.05, 4.69) is 5.92 Å². The lowest BCUT2D eigenvalue weighted by Crippen LogP contribution is -2.36. The number of rotatable bonds is 4. The van der Waals surface area contributed by atoms with Crippen LogP contribution in [0.1, 0.15) is 23.2 Å². The molecule has 0 aliphatic heterocycles.